The van der Waals surface area contributed by atoms with Crippen molar-refractivity contribution in [2.45, 2.75) is 12.6 Å². The summed E-state index contributed by atoms with van der Waals surface area (Å²) < 4.78 is 31.5. The molecule has 0 saturated carbocycles. The maximum Gasteiger partial charge on any atom is 0.242 e. The average molecular weight is 307 g/mol. The van der Waals surface area contributed by atoms with Crippen molar-refractivity contribution in [3.05, 3.63) is 35.4 Å². The van der Waals surface area contributed by atoms with Crippen LogP contribution in [0, 0.1) is 11.6 Å². The fraction of sp³-hybridized carbons (Fsp3) is 0.462. The number of morpholine rings is 1. The Bertz CT molecular complexity index is 468. The highest BCUT2D eigenvalue weighted by Gasteiger charge is 2.24. The Morgan fingerprint density at radius 1 is 1.50 bits per heavy atom. The van der Waals surface area contributed by atoms with Crippen LogP contribution in [0.25, 0.3) is 0 Å². The van der Waals surface area contributed by atoms with E-state index in [2.05, 4.69) is 5.32 Å². The van der Waals surface area contributed by atoms with Crippen LogP contribution in [0.1, 0.15) is 5.56 Å². The zero-order valence-electron chi connectivity index (χ0n) is 11.1. The molecule has 1 atom stereocenters. The lowest BCUT2D eigenvalue weighted by Crippen LogP contribution is -2.51. The number of halogens is 3. The lowest BCUT2D eigenvalue weighted by molar-refractivity contribution is -0.135. The molecule has 7 heteroatoms. The number of ether oxygens (including phenoxy) is 1. The standard InChI is InChI=1S/C13H16F2N2O2.ClH/c1-17(13(18)12-8-19-5-4-16-12)7-9-2-3-10(14)6-11(9)15;/h2-3,6,12,16H,4-5,7-8H2,1H3;1H. The quantitative estimate of drug-likeness (QED) is 0.916. The smallest absolute Gasteiger partial charge is 0.242 e. The molecule has 1 fully saturated rings. The number of amides is 1. The Balaban J connectivity index is 0.00000200. The highest BCUT2D eigenvalue weighted by Crippen LogP contribution is 2.12. The Hall–Kier alpha value is -1.24. The van der Waals surface area contributed by atoms with E-state index in [4.69, 9.17) is 4.74 Å². The van der Waals surface area contributed by atoms with Gasteiger partial charge in [0.1, 0.15) is 17.7 Å². The summed E-state index contributed by atoms with van der Waals surface area (Å²) in [6.45, 7) is 1.62. The number of benzene rings is 1. The van der Waals surface area contributed by atoms with E-state index < -0.39 is 17.7 Å². The third kappa shape index (κ3) is 4.13. The molecule has 0 aliphatic carbocycles. The highest BCUT2D eigenvalue weighted by molar-refractivity contribution is 5.85. The zero-order valence-corrected chi connectivity index (χ0v) is 11.9. The summed E-state index contributed by atoms with van der Waals surface area (Å²) in [5.41, 5.74) is 0.286. The topological polar surface area (TPSA) is 41.6 Å². The van der Waals surface area contributed by atoms with Crippen LogP contribution in [0.5, 0.6) is 0 Å². The second kappa shape index (κ2) is 7.52. The summed E-state index contributed by atoms with van der Waals surface area (Å²) in [4.78, 5) is 13.5. The van der Waals surface area contributed by atoms with Gasteiger partial charge in [-0.1, -0.05) is 6.07 Å². The van der Waals surface area contributed by atoms with Crippen LogP contribution in [0.4, 0.5) is 8.78 Å². The predicted octanol–water partition coefficient (Wildman–Crippen LogP) is 1.33. The van der Waals surface area contributed by atoms with Crippen LogP contribution in [0.15, 0.2) is 18.2 Å². The van der Waals surface area contributed by atoms with E-state index >= 15 is 0 Å². The van der Waals surface area contributed by atoms with Gasteiger partial charge in [0.2, 0.25) is 5.91 Å². The number of likely N-dealkylation sites (N-methyl/N-ethyl adjacent to an activating group) is 1. The van der Waals surface area contributed by atoms with Crippen molar-refractivity contribution in [1.29, 1.82) is 0 Å². The molecule has 0 spiro atoms. The van der Waals surface area contributed by atoms with Crippen molar-refractivity contribution in [3.63, 3.8) is 0 Å². The number of carbonyl (C=O) groups is 1. The number of nitrogens with one attached hydrogen (secondary N) is 1. The lowest BCUT2D eigenvalue weighted by atomic mass is 10.1. The van der Waals surface area contributed by atoms with Crippen molar-refractivity contribution in [2.24, 2.45) is 0 Å². The monoisotopic (exact) mass is 306 g/mol. The van der Waals surface area contributed by atoms with Crippen molar-refractivity contribution < 1.29 is 18.3 Å². The van der Waals surface area contributed by atoms with E-state index in [-0.39, 0.29) is 30.4 Å². The van der Waals surface area contributed by atoms with Gasteiger partial charge in [0.25, 0.3) is 0 Å². The van der Waals surface area contributed by atoms with Crippen LogP contribution < -0.4 is 5.32 Å². The molecule has 4 nitrogen and oxygen atoms in total. The molecule has 0 bridgehead atoms. The Kier molecular flexibility index (Phi) is 6.32. The summed E-state index contributed by atoms with van der Waals surface area (Å²) in [5.74, 6) is -1.44. The van der Waals surface area contributed by atoms with Gasteiger partial charge in [-0.3, -0.25) is 4.79 Å². The second-order valence-electron chi connectivity index (χ2n) is 4.51. The van der Waals surface area contributed by atoms with Gasteiger partial charge >= 0.3 is 0 Å². The average Bonchev–Trinajstić information content (AvgIpc) is 2.42. The molecule has 1 N–H and O–H groups in total. The largest absolute Gasteiger partial charge is 0.378 e. The minimum Gasteiger partial charge on any atom is -0.378 e. The Morgan fingerprint density at radius 2 is 2.25 bits per heavy atom. The van der Waals surface area contributed by atoms with Crippen LogP contribution in [0.2, 0.25) is 0 Å². The molecule has 1 aromatic carbocycles. The number of hydrogen-bond donors (Lipinski definition) is 1. The molecule has 112 valence electrons. The first kappa shape index (κ1) is 16.8. The lowest BCUT2D eigenvalue weighted by Gasteiger charge is -2.27. The minimum atomic E-state index is -0.646. The zero-order chi connectivity index (χ0) is 13.8. The Labute approximate surface area is 122 Å². The van der Waals surface area contributed by atoms with E-state index in [1.165, 1.54) is 17.0 Å². The van der Waals surface area contributed by atoms with E-state index in [9.17, 15) is 13.6 Å². The summed E-state index contributed by atoms with van der Waals surface area (Å²) in [6, 6.07) is 2.94. The molecule has 0 aromatic heterocycles. The maximum absolute atomic E-state index is 13.5. The highest BCUT2D eigenvalue weighted by atomic mass is 35.5. The van der Waals surface area contributed by atoms with Crippen LogP contribution in [-0.4, -0.2) is 43.7 Å². The minimum absolute atomic E-state index is 0. The van der Waals surface area contributed by atoms with E-state index in [1.807, 2.05) is 0 Å². The molecular formula is C13H17ClF2N2O2. The first-order valence-electron chi connectivity index (χ1n) is 6.08. The molecule has 2 rings (SSSR count). The van der Waals surface area contributed by atoms with Gasteiger partial charge in [-0.25, -0.2) is 8.78 Å². The van der Waals surface area contributed by atoms with Crippen molar-refractivity contribution in [1.82, 2.24) is 10.2 Å². The summed E-state index contributed by atoms with van der Waals surface area (Å²) >= 11 is 0. The van der Waals surface area contributed by atoms with Crippen LogP contribution >= 0.6 is 12.4 Å². The maximum atomic E-state index is 13.5. The number of nitrogens with zero attached hydrogens (tertiary/aromatic N) is 1. The van der Waals surface area contributed by atoms with Gasteiger partial charge in [-0.05, 0) is 6.07 Å². The molecule has 1 heterocycles. The molecule has 1 saturated heterocycles. The summed E-state index contributed by atoms with van der Waals surface area (Å²) in [6.07, 6.45) is 0. The molecule has 1 aromatic rings. The SMILES string of the molecule is CN(Cc1ccc(F)cc1F)C(=O)C1COCCN1.Cl. The third-order valence-electron chi connectivity index (χ3n) is 3.02. The van der Waals surface area contributed by atoms with E-state index in [0.29, 0.717) is 19.8 Å². The van der Waals surface area contributed by atoms with Gasteiger partial charge in [0.15, 0.2) is 0 Å². The molecule has 20 heavy (non-hydrogen) atoms. The Morgan fingerprint density at radius 3 is 2.85 bits per heavy atom. The van der Waals surface area contributed by atoms with Gasteiger partial charge in [0, 0.05) is 31.8 Å². The van der Waals surface area contributed by atoms with Gasteiger partial charge < -0.3 is 15.0 Å². The molecule has 1 aliphatic heterocycles. The number of hydrogen-bond acceptors (Lipinski definition) is 3. The normalized spacial score (nSPS) is 18.2. The van der Waals surface area contributed by atoms with Crippen molar-refractivity contribution >= 4 is 18.3 Å². The number of rotatable bonds is 3. The van der Waals surface area contributed by atoms with Crippen molar-refractivity contribution in [2.75, 3.05) is 26.8 Å². The van der Waals surface area contributed by atoms with Gasteiger partial charge in [0.05, 0.1) is 13.2 Å². The molecular weight excluding hydrogens is 290 g/mol. The fourth-order valence-corrected chi connectivity index (χ4v) is 1.97. The predicted molar refractivity (Wildman–Crippen MR) is 72.7 cm³/mol. The van der Waals surface area contributed by atoms with Crippen LogP contribution in [-0.2, 0) is 16.1 Å². The third-order valence-corrected chi connectivity index (χ3v) is 3.02. The van der Waals surface area contributed by atoms with Gasteiger partial charge in [-0.15, -0.1) is 12.4 Å². The molecule has 1 amide bonds. The first-order valence-corrected chi connectivity index (χ1v) is 6.08. The number of carbonyl (C=O) groups excluding carboxylic acids is 1. The first-order chi connectivity index (χ1) is 9.08. The second-order valence-corrected chi connectivity index (χ2v) is 4.51. The molecule has 1 aliphatic rings. The molecule has 0 radical (unpaired) electrons. The van der Waals surface area contributed by atoms with E-state index in [0.717, 1.165) is 6.07 Å². The van der Waals surface area contributed by atoms with Crippen LogP contribution in [0.3, 0.4) is 0 Å². The fourth-order valence-electron chi connectivity index (χ4n) is 1.97. The summed E-state index contributed by atoms with van der Waals surface area (Å²) in [7, 11) is 1.58. The summed E-state index contributed by atoms with van der Waals surface area (Å²) in [5, 5.41) is 3.04. The van der Waals surface area contributed by atoms with E-state index in [1.54, 1.807) is 7.05 Å². The van der Waals surface area contributed by atoms with Gasteiger partial charge in [-0.2, -0.15) is 0 Å². The molecule has 1 unspecified atom stereocenters. The van der Waals surface area contributed by atoms with Crippen molar-refractivity contribution in [3.8, 4) is 0 Å².